The van der Waals surface area contributed by atoms with Gasteiger partial charge >= 0.3 is 11.9 Å². The summed E-state index contributed by atoms with van der Waals surface area (Å²) in [5.41, 5.74) is 0. The van der Waals surface area contributed by atoms with E-state index in [-0.39, 0.29) is 32.0 Å². The topological polar surface area (TPSA) is 111 Å². The lowest BCUT2D eigenvalue weighted by Crippen LogP contribution is -2.37. The molecule has 0 heterocycles. The van der Waals surface area contributed by atoms with Crippen molar-refractivity contribution in [1.29, 1.82) is 0 Å². The van der Waals surface area contributed by atoms with E-state index in [0.717, 1.165) is 64.2 Å². The van der Waals surface area contributed by atoms with Crippen molar-refractivity contribution in [2.24, 2.45) is 0 Å². The van der Waals surface area contributed by atoms with E-state index in [9.17, 15) is 19.0 Å². The Hall–Kier alpha value is -2.29. The van der Waals surface area contributed by atoms with Crippen molar-refractivity contribution in [3.05, 3.63) is 60.8 Å². The number of quaternary nitrogens is 1. The van der Waals surface area contributed by atoms with Gasteiger partial charge in [-0.05, 0) is 57.8 Å². The van der Waals surface area contributed by atoms with Crippen molar-refractivity contribution in [1.82, 2.24) is 0 Å². The third kappa shape index (κ3) is 82.7. The summed E-state index contributed by atoms with van der Waals surface area (Å²) in [4.78, 5) is 38.2. The standard InChI is InChI=1S/C88H166NO8P/c1-6-8-10-12-14-16-18-20-22-24-26-28-30-32-34-36-38-40-42-43-44-45-47-49-51-53-55-57-59-61-63-65-67-69-71-73-75-77-79-81-88(91)97-86(85-96-98(92,93)95-83-82-89(3,4)5)84-94-87(90)80-78-76-74-72-70-68-66-64-62-60-58-56-54-52-50-48-46-41-39-37-35-33-31-29-27-25-23-21-19-17-15-13-11-9-7-2/h8,10,14,16,20,22,26,28,32,34,86H,6-7,9,11-13,15,17-19,21,23-25,27,29-31,33,35-85H2,1-5H3/b10-8-,16-14-,22-20-,28-26-,34-32-. The van der Waals surface area contributed by atoms with Crippen molar-refractivity contribution < 1.29 is 42.1 Å². The summed E-state index contributed by atoms with van der Waals surface area (Å²) in [6, 6.07) is 0. The highest BCUT2D eigenvalue weighted by Crippen LogP contribution is 2.38. The number of rotatable bonds is 81. The second-order valence-electron chi connectivity index (χ2n) is 30.5. The smallest absolute Gasteiger partial charge is 0.306 e. The molecule has 0 spiro atoms. The van der Waals surface area contributed by atoms with Gasteiger partial charge < -0.3 is 27.9 Å². The van der Waals surface area contributed by atoms with Gasteiger partial charge in [0.2, 0.25) is 0 Å². The van der Waals surface area contributed by atoms with E-state index in [0.29, 0.717) is 17.4 Å². The SMILES string of the molecule is CC/C=C\C/C=C\C/C=C\C/C=C\C/C=C\CCCCCCCCCCCCCCCCCCCCCCCCCC(=O)OC(COC(=O)CCCCCCCCCCCCCCCCCCCCCCCCCCCCCCCCCCCCC)COP(=O)([O-])OCC[N+](C)(C)C. The molecule has 0 saturated heterocycles. The first-order valence-corrected chi connectivity index (χ1v) is 44.5. The predicted octanol–water partition coefficient (Wildman–Crippen LogP) is 28.2. The largest absolute Gasteiger partial charge is 0.756 e. The van der Waals surface area contributed by atoms with Crippen LogP contribution < -0.4 is 4.89 Å². The van der Waals surface area contributed by atoms with Crippen molar-refractivity contribution in [3.8, 4) is 0 Å². The number of nitrogens with zero attached hydrogens (tertiary/aromatic N) is 1. The van der Waals surface area contributed by atoms with Crippen LogP contribution in [-0.4, -0.2) is 70.0 Å². The highest BCUT2D eigenvalue weighted by Gasteiger charge is 2.22. The molecule has 2 atom stereocenters. The average molecular weight is 1400 g/mol. The number of carbonyl (C=O) groups is 2. The van der Waals surface area contributed by atoms with E-state index in [1.165, 1.54) is 340 Å². The Morgan fingerprint density at radius 3 is 0.867 bits per heavy atom. The van der Waals surface area contributed by atoms with Gasteiger partial charge in [-0.2, -0.15) is 0 Å². The number of hydrogen-bond acceptors (Lipinski definition) is 8. The number of ether oxygens (including phenoxy) is 2. The van der Waals surface area contributed by atoms with Crippen molar-refractivity contribution in [3.63, 3.8) is 0 Å². The summed E-state index contributed by atoms with van der Waals surface area (Å²) in [5, 5.41) is 0. The summed E-state index contributed by atoms with van der Waals surface area (Å²) in [5.74, 6) is -0.806. The zero-order valence-electron chi connectivity index (χ0n) is 66.0. The number of phosphoric ester groups is 1. The fourth-order valence-electron chi connectivity index (χ4n) is 13.0. The maximum absolute atomic E-state index is 12.9. The fourth-order valence-corrected chi connectivity index (χ4v) is 13.8. The maximum atomic E-state index is 12.9. The second kappa shape index (κ2) is 78.8. The van der Waals surface area contributed by atoms with Crippen molar-refractivity contribution >= 4 is 19.8 Å². The summed E-state index contributed by atoms with van der Waals surface area (Å²) >= 11 is 0. The summed E-state index contributed by atoms with van der Waals surface area (Å²) in [7, 11) is 1.19. The zero-order valence-corrected chi connectivity index (χ0v) is 66.9. The van der Waals surface area contributed by atoms with Crippen LogP contribution in [0, 0.1) is 0 Å². The number of unbranched alkanes of at least 4 members (excludes halogenated alkanes) is 57. The van der Waals surface area contributed by atoms with Gasteiger partial charge in [-0.15, -0.1) is 0 Å². The fraction of sp³-hybridized carbons (Fsp3) is 0.864. The minimum atomic E-state index is -4.64. The molecule has 98 heavy (non-hydrogen) atoms. The van der Waals surface area contributed by atoms with Crippen LogP contribution in [0.3, 0.4) is 0 Å². The second-order valence-corrected chi connectivity index (χ2v) is 31.9. The minimum absolute atomic E-state index is 0.0277. The Bertz CT molecular complexity index is 1840. The third-order valence-corrected chi connectivity index (χ3v) is 20.5. The van der Waals surface area contributed by atoms with E-state index >= 15 is 0 Å². The predicted molar refractivity (Wildman–Crippen MR) is 425 cm³/mol. The van der Waals surface area contributed by atoms with Crippen LogP contribution in [0.15, 0.2) is 60.8 Å². The van der Waals surface area contributed by atoms with Crippen LogP contribution in [0.4, 0.5) is 0 Å². The third-order valence-electron chi connectivity index (χ3n) is 19.6. The van der Waals surface area contributed by atoms with Crippen molar-refractivity contribution in [2.45, 2.75) is 444 Å². The van der Waals surface area contributed by atoms with Gasteiger partial charge in [0.05, 0.1) is 27.7 Å². The number of likely N-dealkylation sites (N-methyl/N-ethyl adjacent to an activating group) is 1. The van der Waals surface area contributed by atoms with E-state index in [4.69, 9.17) is 18.5 Å². The molecule has 0 rings (SSSR count). The normalized spacial score (nSPS) is 13.2. The Kier molecular flexibility index (Phi) is 77.0. The summed E-state index contributed by atoms with van der Waals surface area (Å²) < 4.78 is 34.5. The summed E-state index contributed by atoms with van der Waals surface area (Å²) in [6.07, 6.45) is 107. The van der Waals surface area contributed by atoms with Crippen LogP contribution in [0.5, 0.6) is 0 Å². The van der Waals surface area contributed by atoms with Crippen LogP contribution >= 0.6 is 7.82 Å². The molecule has 0 saturated carbocycles. The minimum Gasteiger partial charge on any atom is -0.756 e. The first-order valence-electron chi connectivity index (χ1n) is 43.0. The quantitative estimate of drug-likeness (QED) is 0.0195. The number of allylic oxidation sites excluding steroid dienone is 10. The molecule has 576 valence electrons. The van der Waals surface area contributed by atoms with Gasteiger partial charge in [0.15, 0.2) is 6.10 Å². The lowest BCUT2D eigenvalue weighted by atomic mass is 10.0. The van der Waals surface area contributed by atoms with Crippen LogP contribution in [0.2, 0.25) is 0 Å². The molecule has 0 aliphatic carbocycles. The Morgan fingerprint density at radius 2 is 0.582 bits per heavy atom. The first-order chi connectivity index (χ1) is 48.0. The highest BCUT2D eigenvalue weighted by molar-refractivity contribution is 7.45. The zero-order chi connectivity index (χ0) is 71.1. The monoisotopic (exact) mass is 1400 g/mol. The molecule has 0 bridgehead atoms. The molecule has 0 aliphatic rings. The molecule has 0 radical (unpaired) electrons. The molecular weight excluding hydrogens is 1230 g/mol. The molecule has 10 heteroatoms. The molecule has 0 aromatic heterocycles. The Labute approximate surface area is 610 Å². The van der Waals surface area contributed by atoms with Gasteiger partial charge in [-0.1, -0.05) is 428 Å². The molecule has 2 unspecified atom stereocenters. The number of esters is 2. The molecular formula is C88H166NO8P. The van der Waals surface area contributed by atoms with Gasteiger partial charge in [0, 0.05) is 12.8 Å². The molecule has 0 N–H and O–H groups in total. The van der Waals surface area contributed by atoms with E-state index in [1.807, 2.05) is 21.1 Å². The van der Waals surface area contributed by atoms with Gasteiger partial charge in [-0.25, -0.2) is 0 Å². The van der Waals surface area contributed by atoms with E-state index in [1.54, 1.807) is 0 Å². The molecule has 0 fully saturated rings. The average Bonchev–Trinajstić information content (AvgIpc) is 1.23. The summed E-state index contributed by atoms with van der Waals surface area (Å²) in [6.45, 7) is 4.21. The number of phosphoric acid groups is 1. The lowest BCUT2D eigenvalue weighted by Gasteiger charge is -2.28. The number of carbonyl (C=O) groups excluding carboxylic acids is 2. The lowest BCUT2D eigenvalue weighted by molar-refractivity contribution is -0.870. The van der Waals surface area contributed by atoms with Gasteiger partial charge in [-0.3, -0.25) is 14.2 Å². The highest BCUT2D eigenvalue weighted by atomic mass is 31.2. The van der Waals surface area contributed by atoms with Crippen LogP contribution in [-0.2, 0) is 32.7 Å². The van der Waals surface area contributed by atoms with Crippen molar-refractivity contribution in [2.75, 3.05) is 47.5 Å². The van der Waals surface area contributed by atoms with Gasteiger partial charge in [0.1, 0.15) is 19.8 Å². The molecule has 9 nitrogen and oxygen atoms in total. The molecule has 0 amide bonds. The Morgan fingerprint density at radius 1 is 0.327 bits per heavy atom. The van der Waals surface area contributed by atoms with Gasteiger partial charge in [0.25, 0.3) is 7.82 Å². The number of hydrogen-bond donors (Lipinski definition) is 0. The van der Waals surface area contributed by atoms with E-state index < -0.39 is 26.5 Å². The van der Waals surface area contributed by atoms with E-state index in [2.05, 4.69) is 74.6 Å². The molecule has 0 aromatic carbocycles. The molecule has 0 aromatic rings. The maximum Gasteiger partial charge on any atom is 0.306 e. The molecule has 0 aliphatic heterocycles. The van der Waals surface area contributed by atoms with Crippen LogP contribution in [0.25, 0.3) is 0 Å². The first kappa shape index (κ1) is 95.7. The Balaban J connectivity index is 3.87. The van der Waals surface area contributed by atoms with Crippen LogP contribution in [0.1, 0.15) is 438 Å².